The molecule has 1 aromatic heterocycles. The summed E-state index contributed by atoms with van der Waals surface area (Å²) in [7, 11) is 1.65. The number of hydrogen-bond acceptors (Lipinski definition) is 3. The second-order valence-electron chi connectivity index (χ2n) is 3.90. The number of carbonyl (C=O) groups is 1. The van der Waals surface area contributed by atoms with Gasteiger partial charge < -0.3 is 4.74 Å². The number of ether oxygens (including phenoxy) is 1. The minimum atomic E-state index is 0.180. The van der Waals surface area contributed by atoms with Crippen LogP contribution in [0.15, 0.2) is 39.5 Å². The van der Waals surface area contributed by atoms with Crippen LogP contribution < -0.4 is 4.74 Å². The molecule has 0 fully saturated rings. The zero-order valence-corrected chi connectivity index (χ0v) is 12.4. The van der Waals surface area contributed by atoms with E-state index < -0.39 is 0 Å². The molecule has 0 aliphatic heterocycles. The molecule has 0 saturated heterocycles. The molecule has 4 heteroatoms. The van der Waals surface area contributed by atoms with Crippen LogP contribution in [0.5, 0.6) is 5.75 Å². The van der Waals surface area contributed by atoms with Gasteiger partial charge in [-0.05, 0) is 40.0 Å². The summed E-state index contributed by atoms with van der Waals surface area (Å²) in [6.07, 6.45) is 1.28. The average molecular weight is 325 g/mol. The minimum absolute atomic E-state index is 0.180. The van der Waals surface area contributed by atoms with Gasteiger partial charge in [0.2, 0.25) is 0 Å². The fraction of sp³-hybridized carbons (Fsp3) is 0.214. The van der Waals surface area contributed by atoms with Gasteiger partial charge in [-0.3, -0.25) is 4.79 Å². The van der Waals surface area contributed by atoms with Gasteiger partial charge in [0.05, 0.1) is 7.11 Å². The van der Waals surface area contributed by atoms with Crippen molar-refractivity contribution in [3.8, 4) is 5.75 Å². The normalized spacial score (nSPS) is 10.3. The smallest absolute Gasteiger partial charge is 0.165 e. The molecule has 0 aliphatic rings. The minimum Gasteiger partial charge on any atom is -0.497 e. The maximum absolute atomic E-state index is 12.0. The van der Waals surface area contributed by atoms with Crippen LogP contribution in [-0.2, 0) is 6.42 Å². The van der Waals surface area contributed by atoms with Gasteiger partial charge in [-0.1, -0.05) is 12.1 Å². The monoisotopic (exact) mass is 324 g/mol. The van der Waals surface area contributed by atoms with Crippen molar-refractivity contribution in [3.63, 3.8) is 0 Å². The highest BCUT2D eigenvalue weighted by molar-refractivity contribution is 9.10. The van der Waals surface area contributed by atoms with Crippen LogP contribution in [0.3, 0.4) is 0 Å². The highest BCUT2D eigenvalue weighted by Crippen LogP contribution is 2.23. The van der Waals surface area contributed by atoms with E-state index in [1.54, 1.807) is 7.11 Å². The number of thiophene rings is 1. The zero-order valence-electron chi connectivity index (χ0n) is 9.98. The number of rotatable bonds is 5. The first-order valence-electron chi connectivity index (χ1n) is 5.58. The molecule has 0 amide bonds. The van der Waals surface area contributed by atoms with Crippen LogP contribution in [-0.4, -0.2) is 12.9 Å². The molecule has 2 rings (SSSR count). The standard InChI is InChI=1S/C14H13BrO2S/c1-17-11-5-2-10(3-6-11)4-7-14(16)12-8-18-9-13(12)15/h2-3,5-6,8-9H,4,7H2,1H3. The van der Waals surface area contributed by atoms with E-state index in [1.165, 1.54) is 11.3 Å². The molecule has 0 atom stereocenters. The lowest BCUT2D eigenvalue weighted by Gasteiger charge is -2.03. The maximum Gasteiger partial charge on any atom is 0.165 e. The number of halogens is 1. The molecule has 0 radical (unpaired) electrons. The summed E-state index contributed by atoms with van der Waals surface area (Å²) < 4.78 is 5.99. The van der Waals surface area contributed by atoms with Gasteiger partial charge >= 0.3 is 0 Å². The summed E-state index contributed by atoms with van der Waals surface area (Å²) in [6.45, 7) is 0. The molecular formula is C14H13BrO2S. The topological polar surface area (TPSA) is 26.3 Å². The van der Waals surface area contributed by atoms with Crippen LogP contribution >= 0.6 is 27.3 Å². The second kappa shape index (κ2) is 6.16. The number of aryl methyl sites for hydroxylation is 1. The molecule has 2 aromatic rings. The largest absolute Gasteiger partial charge is 0.497 e. The van der Waals surface area contributed by atoms with Gasteiger partial charge in [0.1, 0.15) is 5.75 Å². The van der Waals surface area contributed by atoms with Crippen LogP contribution in [0.1, 0.15) is 22.3 Å². The van der Waals surface area contributed by atoms with Gasteiger partial charge in [-0.2, -0.15) is 11.3 Å². The Kier molecular flexibility index (Phi) is 4.55. The van der Waals surface area contributed by atoms with Crippen molar-refractivity contribution < 1.29 is 9.53 Å². The number of ketones is 1. The molecule has 0 unspecified atom stereocenters. The van der Waals surface area contributed by atoms with Gasteiger partial charge in [0.15, 0.2) is 5.78 Å². The molecule has 18 heavy (non-hydrogen) atoms. The predicted molar refractivity (Wildman–Crippen MR) is 77.7 cm³/mol. The van der Waals surface area contributed by atoms with E-state index in [2.05, 4.69) is 15.9 Å². The third-order valence-corrected chi connectivity index (χ3v) is 4.42. The van der Waals surface area contributed by atoms with Crippen molar-refractivity contribution in [3.05, 3.63) is 50.6 Å². The summed E-state index contributed by atoms with van der Waals surface area (Å²) in [4.78, 5) is 12.0. The first-order chi connectivity index (χ1) is 8.70. The molecule has 2 nitrogen and oxygen atoms in total. The molecule has 0 N–H and O–H groups in total. The lowest BCUT2D eigenvalue weighted by atomic mass is 10.0. The maximum atomic E-state index is 12.0. The Hall–Kier alpha value is -1.13. The summed E-state index contributed by atoms with van der Waals surface area (Å²) >= 11 is 4.92. The number of carbonyl (C=O) groups excluding carboxylic acids is 1. The van der Waals surface area contributed by atoms with Crippen LogP contribution in [0, 0.1) is 0 Å². The van der Waals surface area contributed by atoms with E-state index in [0.717, 1.165) is 27.8 Å². The fourth-order valence-electron chi connectivity index (χ4n) is 1.67. The summed E-state index contributed by atoms with van der Waals surface area (Å²) in [5, 5.41) is 3.82. The molecule has 0 bridgehead atoms. The van der Waals surface area contributed by atoms with Crippen molar-refractivity contribution in [2.45, 2.75) is 12.8 Å². The average Bonchev–Trinajstić information content (AvgIpc) is 2.83. The third kappa shape index (κ3) is 3.21. The molecule has 1 aromatic carbocycles. The SMILES string of the molecule is COc1ccc(CCC(=O)c2cscc2Br)cc1. The van der Waals surface area contributed by atoms with Crippen molar-refractivity contribution in [2.75, 3.05) is 7.11 Å². The van der Waals surface area contributed by atoms with Crippen molar-refractivity contribution in [1.82, 2.24) is 0 Å². The number of benzene rings is 1. The van der Waals surface area contributed by atoms with E-state index >= 15 is 0 Å². The highest BCUT2D eigenvalue weighted by atomic mass is 79.9. The summed E-state index contributed by atoms with van der Waals surface area (Å²) in [5.41, 5.74) is 1.93. The van der Waals surface area contributed by atoms with Gasteiger partial charge in [-0.25, -0.2) is 0 Å². The Morgan fingerprint density at radius 2 is 2.00 bits per heavy atom. The van der Waals surface area contributed by atoms with E-state index in [4.69, 9.17) is 4.74 Å². The van der Waals surface area contributed by atoms with E-state index in [0.29, 0.717) is 6.42 Å². The Balaban J connectivity index is 1.95. The second-order valence-corrected chi connectivity index (χ2v) is 5.50. The molecule has 94 valence electrons. The van der Waals surface area contributed by atoms with Crippen molar-refractivity contribution >= 4 is 33.0 Å². The van der Waals surface area contributed by atoms with Crippen LogP contribution in [0.25, 0.3) is 0 Å². The Morgan fingerprint density at radius 3 is 2.56 bits per heavy atom. The lowest BCUT2D eigenvalue weighted by Crippen LogP contribution is -2.00. The highest BCUT2D eigenvalue weighted by Gasteiger charge is 2.10. The fourth-order valence-corrected chi connectivity index (χ4v) is 3.19. The number of methoxy groups -OCH3 is 1. The quantitative estimate of drug-likeness (QED) is 0.765. The first-order valence-corrected chi connectivity index (χ1v) is 7.32. The van der Waals surface area contributed by atoms with E-state index in [-0.39, 0.29) is 5.78 Å². The molecule has 0 spiro atoms. The van der Waals surface area contributed by atoms with Crippen molar-refractivity contribution in [2.24, 2.45) is 0 Å². The first kappa shape index (κ1) is 13.3. The van der Waals surface area contributed by atoms with Crippen LogP contribution in [0.4, 0.5) is 0 Å². The molecule has 0 saturated carbocycles. The van der Waals surface area contributed by atoms with Crippen molar-refractivity contribution in [1.29, 1.82) is 0 Å². The van der Waals surface area contributed by atoms with E-state index in [1.807, 2.05) is 35.0 Å². The Bertz CT molecular complexity index is 531. The van der Waals surface area contributed by atoms with Gasteiger partial charge in [0.25, 0.3) is 0 Å². The van der Waals surface area contributed by atoms with E-state index in [9.17, 15) is 4.79 Å². The van der Waals surface area contributed by atoms with Gasteiger partial charge in [0, 0.05) is 27.2 Å². The predicted octanol–water partition coefficient (Wildman–Crippen LogP) is 4.33. The van der Waals surface area contributed by atoms with Gasteiger partial charge in [-0.15, -0.1) is 0 Å². The molecule has 1 heterocycles. The summed E-state index contributed by atoms with van der Waals surface area (Å²) in [6, 6.07) is 7.82. The third-order valence-electron chi connectivity index (χ3n) is 2.71. The lowest BCUT2D eigenvalue weighted by molar-refractivity contribution is 0.0982. The molecule has 0 aliphatic carbocycles. The zero-order chi connectivity index (χ0) is 13.0. The number of Topliss-reactive ketones (excluding diaryl/α,β-unsaturated/α-hetero) is 1. The van der Waals surface area contributed by atoms with Crippen LogP contribution in [0.2, 0.25) is 0 Å². The molecular weight excluding hydrogens is 312 g/mol. The number of hydrogen-bond donors (Lipinski definition) is 0. The Morgan fingerprint density at radius 1 is 1.28 bits per heavy atom. The Labute approximate surface area is 119 Å². The summed E-state index contributed by atoms with van der Waals surface area (Å²) in [5.74, 6) is 1.02.